The molecule has 4 aromatic carbocycles. The Labute approximate surface area is 282 Å². The van der Waals surface area contributed by atoms with Gasteiger partial charge in [-0.2, -0.15) is 0 Å². The van der Waals surface area contributed by atoms with Crippen LogP contribution in [0.3, 0.4) is 0 Å². The van der Waals surface area contributed by atoms with Crippen LogP contribution in [0.25, 0.3) is 0 Å². The predicted octanol–water partition coefficient (Wildman–Crippen LogP) is 6.80. The van der Waals surface area contributed by atoms with Gasteiger partial charge in [-0.1, -0.05) is 76.6 Å². The molecule has 0 heterocycles. The van der Waals surface area contributed by atoms with Gasteiger partial charge in [0.1, 0.15) is 12.6 Å². The van der Waals surface area contributed by atoms with Crippen molar-refractivity contribution in [2.75, 3.05) is 10.8 Å². The Balaban J connectivity index is 1.81. The van der Waals surface area contributed by atoms with Gasteiger partial charge in [-0.3, -0.25) is 13.9 Å². The average molecular weight is 789 g/mol. The molecule has 4 rings (SSSR count). The van der Waals surface area contributed by atoms with Crippen LogP contribution in [0.2, 0.25) is 0 Å². The number of anilines is 1. The number of rotatable bonds is 11. The fourth-order valence-electron chi connectivity index (χ4n) is 4.69. The monoisotopic (exact) mass is 787 g/mol. The Morgan fingerprint density at radius 3 is 2.02 bits per heavy atom. The minimum absolute atomic E-state index is 0.0659. The van der Waals surface area contributed by atoms with E-state index in [0.29, 0.717) is 5.69 Å². The molecule has 0 radical (unpaired) electrons. The summed E-state index contributed by atoms with van der Waals surface area (Å²) in [6.45, 7) is 5.25. The quantitative estimate of drug-likeness (QED) is 0.170. The Morgan fingerprint density at radius 2 is 1.43 bits per heavy atom. The van der Waals surface area contributed by atoms with Crippen molar-refractivity contribution in [3.63, 3.8) is 0 Å². The van der Waals surface area contributed by atoms with Crippen LogP contribution in [0.1, 0.15) is 31.9 Å². The summed E-state index contributed by atoms with van der Waals surface area (Å²) in [4.78, 5) is 30.0. The van der Waals surface area contributed by atoms with E-state index in [9.17, 15) is 18.0 Å². The van der Waals surface area contributed by atoms with Crippen molar-refractivity contribution in [1.82, 2.24) is 10.2 Å². The molecule has 4 aromatic rings. The van der Waals surface area contributed by atoms with Gasteiger partial charge in [0.2, 0.25) is 11.8 Å². The maximum Gasteiger partial charge on any atom is 0.264 e. The second-order valence-corrected chi connectivity index (χ2v) is 15.4. The molecule has 1 unspecified atom stereocenters. The predicted molar refractivity (Wildman–Crippen MR) is 187 cm³/mol. The van der Waals surface area contributed by atoms with Gasteiger partial charge in [-0.25, -0.2) is 8.42 Å². The van der Waals surface area contributed by atoms with E-state index < -0.39 is 34.1 Å². The summed E-state index contributed by atoms with van der Waals surface area (Å²) in [5.41, 5.74) is 1.46. The smallest absolute Gasteiger partial charge is 0.264 e. The topological polar surface area (TPSA) is 86.8 Å². The van der Waals surface area contributed by atoms with Crippen molar-refractivity contribution >= 4 is 66.0 Å². The summed E-state index contributed by atoms with van der Waals surface area (Å²) >= 11 is 5.66. The van der Waals surface area contributed by atoms with E-state index >= 15 is 0 Å². The summed E-state index contributed by atoms with van der Waals surface area (Å²) in [7, 11) is -4.13. The van der Waals surface area contributed by atoms with Crippen LogP contribution >= 0.6 is 38.5 Å². The maximum atomic E-state index is 14.5. The Bertz CT molecular complexity index is 1680. The molecule has 0 spiro atoms. The van der Waals surface area contributed by atoms with Gasteiger partial charge in [0, 0.05) is 26.5 Å². The molecule has 0 fully saturated rings. The molecule has 2 amide bonds. The molecule has 0 aliphatic rings. The molecule has 0 saturated carbocycles. The Kier molecular flexibility index (Phi) is 11.3. The third-order valence-electron chi connectivity index (χ3n) is 6.74. The van der Waals surface area contributed by atoms with E-state index in [4.69, 9.17) is 0 Å². The van der Waals surface area contributed by atoms with Crippen molar-refractivity contribution < 1.29 is 18.0 Å². The standard InChI is InChI=1S/C34H35BrIN3O4S/c1-34(2,3)37-33(41)31(22-25-11-6-4-7-12-25)38(23-26-13-10-14-27(35)21-26)32(40)24-39(29-19-17-28(36)18-20-29)44(42,43)30-15-8-5-9-16-30/h4-21,31H,22-24H2,1-3H3,(H,37,41). The minimum Gasteiger partial charge on any atom is -0.350 e. The van der Waals surface area contributed by atoms with E-state index in [1.807, 2.05) is 75.4 Å². The third kappa shape index (κ3) is 9.15. The number of benzene rings is 4. The lowest BCUT2D eigenvalue weighted by Crippen LogP contribution is -2.56. The highest BCUT2D eigenvalue weighted by Gasteiger charge is 2.35. The van der Waals surface area contributed by atoms with Crippen molar-refractivity contribution in [2.45, 2.75) is 50.2 Å². The number of carbonyl (C=O) groups is 2. The summed E-state index contributed by atoms with van der Waals surface area (Å²) < 4.78 is 30.9. The fourth-order valence-corrected chi connectivity index (χ4v) is 6.94. The zero-order valence-electron chi connectivity index (χ0n) is 24.8. The van der Waals surface area contributed by atoms with E-state index in [1.165, 1.54) is 17.0 Å². The lowest BCUT2D eigenvalue weighted by Gasteiger charge is -2.35. The second kappa shape index (κ2) is 14.7. The third-order valence-corrected chi connectivity index (χ3v) is 9.74. The van der Waals surface area contributed by atoms with Crippen molar-refractivity contribution in [3.05, 3.63) is 128 Å². The molecule has 44 heavy (non-hydrogen) atoms. The molecule has 0 saturated heterocycles. The normalized spacial score (nSPS) is 12.3. The molecular weight excluding hydrogens is 753 g/mol. The van der Waals surface area contributed by atoms with Crippen LogP contribution in [0, 0.1) is 3.57 Å². The number of nitrogens with zero attached hydrogens (tertiary/aromatic N) is 2. The summed E-state index contributed by atoms with van der Waals surface area (Å²) in [6.07, 6.45) is 0.247. The largest absolute Gasteiger partial charge is 0.350 e. The highest BCUT2D eigenvalue weighted by molar-refractivity contribution is 14.1. The number of hydrogen-bond donors (Lipinski definition) is 1. The van der Waals surface area contributed by atoms with Crippen molar-refractivity contribution in [3.8, 4) is 0 Å². The van der Waals surface area contributed by atoms with Gasteiger partial charge in [-0.05, 0) is 103 Å². The summed E-state index contributed by atoms with van der Waals surface area (Å²) in [5, 5.41) is 3.04. The second-order valence-electron chi connectivity index (χ2n) is 11.4. The zero-order chi connectivity index (χ0) is 31.9. The van der Waals surface area contributed by atoms with Crippen molar-refractivity contribution in [2.24, 2.45) is 0 Å². The number of carbonyl (C=O) groups excluding carboxylic acids is 2. The first kappa shape index (κ1) is 33.7. The summed E-state index contributed by atoms with van der Waals surface area (Å²) in [6, 6.07) is 31.1. The van der Waals surface area contributed by atoms with Crippen LogP contribution in [0.4, 0.5) is 5.69 Å². The van der Waals surface area contributed by atoms with Crippen LogP contribution in [-0.4, -0.2) is 43.3 Å². The number of hydrogen-bond acceptors (Lipinski definition) is 4. The zero-order valence-corrected chi connectivity index (χ0v) is 29.3. The molecule has 1 N–H and O–H groups in total. The fraction of sp³-hybridized carbons (Fsp3) is 0.235. The Morgan fingerprint density at radius 1 is 0.841 bits per heavy atom. The molecule has 0 aliphatic heterocycles. The maximum absolute atomic E-state index is 14.5. The number of nitrogens with one attached hydrogen (secondary N) is 1. The van der Waals surface area contributed by atoms with E-state index in [1.54, 1.807) is 42.5 Å². The van der Waals surface area contributed by atoms with Gasteiger partial charge >= 0.3 is 0 Å². The van der Waals surface area contributed by atoms with E-state index in [0.717, 1.165) is 23.5 Å². The molecule has 0 bridgehead atoms. The summed E-state index contributed by atoms with van der Waals surface area (Å²) in [5.74, 6) is -0.829. The highest BCUT2D eigenvalue weighted by Crippen LogP contribution is 2.26. The van der Waals surface area contributed by atoms with Gasteiger partial charge in [0.15, 0.2) is 0 Å². The molecule has 230 valence electrons. The highest BCUT2D eigenvalue weighted by atomic mass is 127. The van der Waals surface area contributed by atoms with Gasteiger partial charge in [0.05, 0.1) is 10.6 Å². The molecule has 10 heteroatoms. The van der Waals surface area contributed by atoms with Gasteiger partial charge in [-0.15, -0.1) is 0 Å². The van der Waals surface area contributed by atoms with Crippen LogP contribution in [0.15, 0.2) is 119 Å². The number of halogens is 2. The van der Waals surface area contributed by atoms with Crippen LogP contribution in [-0.2, 0) is 32.6 Å². The minimum atomic E-state index is -4.13. The first-order chi connectivity index (χ1) is 20.8. The van der Waals surface area contributed by atoms with E-state index in [-0.39, 0.29) is 23.8 Å². The van der Waals surface area contributed by atoms with Crippen LogP contribution in [0.5, 0.6) is 0 Å². The van der Waals surface area contributed by atoms with Gasteiger partial charge < -0.3 is 10.2 Å². The van der Waals surface area contributed by atoms with E-state index in [2.05, 4.69) is 43.8 Å². The molecule has 7 nitrogen and oxygen atoms in total. The average Bonchev–Trinajstić information content (AvgIpc) is 2.98. The molecule has 0 aliphatic carbocycles. The Hall–Kier alpha value is -3.22. The molecular formula is C34H35BrIN3O4S. The van der Waals surface area contributed by atoms with Crippen molar-refractivity contribution in [1.29, 1.82) is 0 Å². The lowest BCUT2D eigenvalue weighted by atomic mass is 10.0. The SMILES string of the molecule is CC(C)(C)NC(=O)C(Cc1ccccc1)N(Cc1cccc(Br)c1)C(=O)CN(c1ccc(I)cc1)S(=O)(=O)c1ccccc1. The first-order valence-electron chi connectivity index (χ1n) is 14.1. The number of amides is 2. The lowest BCUT2D eigenvalue weighted by molar-refractivity contribution is -0.140. The van der Waals surface area contributed by atoms with Gasteiger partial charge in [0.25, 0.3) is 10.0 Å². The number of sulfonamides is 1. The van der Waals surface area contributed by atoms with Crippen LogP contribution < -0.4 is 9.62 Å². The molecule has 1 atom stereocenters. The first-order valence-corrected chi connectivity index (χ1v) is 17.4. The molecule has 0 aromatic heterocycles.